The van der Waals surface area contributed by atoms with Crippen molar-refractivity contribution in [1.29, 1.82) is 0 Å². The van der Waals surface area contributed by atoms with Gasteiger partial charge in [0.2, 0.25) is 0 Å². The van der Waals surface area contributed by atoms with Gasteiger partial charge in [-0.2, -0.15) is 14.8 Å². The van der Waals surface area contributed by atoms with Gasteiger partial charge in [0.15, 0.2) is 6.20 Å². The van der Waals surface area contributed by atoms with Crippen LogP contribution in [-0.4, -0.2) is 18.1 Å². The molecule has 5 nitrogen and oxygen atoms in total. The van der Waals surface area contributed by atoms with Crippen LogP contribution in [0.5, 0.6) is 0 Å². The van der Waals surface area contributed by atoms with Crippen LogP contribution in [0.4, 0.5) is 17.1 Å². The van der Waals surface area contributed by atoms with Crippen molar-refractivity contribution in [3.63, 3.8) is 0 Å². The van der Waals surface area contributed by atoms with Crippen molar-refractivity contribution in [3.05, 3.63) is 66.9 Å². The van der Waals surface area contributed by atoms with Crippen LogP contribution < -0.4 is 33.4 Å². The second-order valence-corrected chi connectivity index (χ2v) is 7.74. The lowest BCUT2D eigenvalue weighted by Crippen LogP contribution is -3.00. The first-order chi connectivity index (χ1) is 14.2. The van der Waals surface area contributed by atoms with Gasteiger partial charge < -0.3 is 28.9 Å². The van der Waals surface area contributed by atoms with Gasteiger partial charge in [0.1, 0.15) is 17.6 Å². The van der Waals surface area contributed by atoms with E-state index in [9.17, 15) is 0 Å². The van der Waals surface area contributed by atoms with E-state index < -0.39 is 0 Å². The molecule has 2 aromatic heterocycles. The number of benzene rings is 2. The molecule has 2 heterocycles. The lowest BCUT2D eigenvalue weighted by molar-refractivity contribution is -0.642. The van der Waals surface area contributed by atoms with Crippen molar-refractivity contribution in [3.8, 4) is 10.6 Å². The number of aryl methyl sites for hydroxylation is 1. The molecule has 0 amide bonds. The molecule has 154 valence electrons. The van der Waals surface area contributed by atoms with Crippen LogP contribution in [0.25, 0.3) is 20.9 Å². The molecule has 0 N–H and O–H groups in total. The molecule has 0 atom stereocenters. The smallest absolute Gasteiger partial charge is 0.289 e. The number of azo groups is 1. The lowest BCUT2D eigenvalue weighted by atomic mass is 10.2. The molecule has 4 aromatic rings. The van der Waals surface area contributed by atoms with Gasteiger partial charge in [-0.3, -0.25) is 0 Å². The fraction of sp³-hybridized carbons (Fsp3) is 0.217. The molecule has 0 fully saturated rings. The highest BCUT2D eigenvalue weighted by atomic mass is 127. The molecule has 0 bridgehead atoms. The van der Waals surface area contributed by atoms with E-state index in [2.05, 4.69) is 57.8 Å². The summed E-state index contributed by atoms with van der Waals surface area (Å²) >= 11 is 1.69. The van der Waals surface area contributed by atoms with E-state index in [4.69, 9.17) is 4.98 Å². The van der Waals surface area contributed by atoms with E-state index in [1.807, 2.05) is 49.6 Å². The summed E-state index contributed by atoms with van der Waals surface area (Å²) in [6.45, 7) is 6.32. The van der Waals surface area contributed by atoms with E-state index in [-0.39, 0.29) is 24.0 Å². The number of thiazole rings is 1. The Morgan fingerprint density at radius 1 is 0.900 bits per heavy atom. The van der Waals surface area contributed by atoms with Crippen molar-refractivity contribution in [2.24, 2.45) is 17.3 Å². The van der Waals surface area contributed by atoms with Crippen LogP contribution in [0.1, 0.15) is 13.8 Å². The summed E-state index contributed by atoms with van der Waals surface area (Å²) in [4.78, 5) is 8.22. The predicted octanol–water partition coefficient (Wildman–Crippen LogP) is 3.05. The molecule has 0 spiro atoms. The maximum atomic E-state index is 4.74. The number of fused-ring (bicyclic) bond motifs is 1. The van der Waals surface area contributed by atoms with Crippen LogP contribution in [0.15, 0.2) is 77.1 Å². The molecule has 0 radical (unpaired) electrons. The topological polar surface area (TPSA) is 44.7 Å². The highest BCUT2D eigenvalue weighted by Crippen LogP contribution is 2.30. The quantitative estimate of drug-likeness (QED) is 0.219. The number of hydrogen-bond donors (Lipinski definition) is 0. The standard InChI is InChI=1S/C23H24N5S.HI/c1-4-28(5-2)20-14-12-19(13-15-20)26-25-18-10-8-17(9-11-18)22-24-21-7-6-16-27(3)23(21)29-22;/h6-16H,4-5H2,1-3H3;1H/q+1;/p-1. The summed E-state index contributed by atoms with van der Waals surface area (Å²) < 4.78 is 2.10. The number of pyridine rings is 1. The second-order valence-electron chi connectivity index (χ2n) is 6.76. The van der Waals surface area contributed by atoms with Crippen molar-refractivity contribution < 1.29 is 28.5 Å². The van der Waals surface area contributed by atoms with E-state index in [0.29, 0.717) is 0 Å². The Hall–Kier alpha value is -2.39. The van der Waals surface area contributed by atoms with E-state index >= 15 is 0 Å². The normalized spacial score (nSPS) is 11.0. The van der Waals surface area contributed by atoms with E-state index in [1.165, 1.54) is 10.5 Å². The van der Waals surface area contributed by atoms with Gasteiger partial charge in [-0.25, -0.2) is 4.98 Å². The summed E-state index contributed by atoms with van der Waals surface area (Å²) in [6, 6.07) is 20.3. The fourth-order valence-electron chi connectivity index (χ4n) is 3.24. The first-order valence-corrected chi connectivity index (χ1v) is 10.6. The van der Waals surface area contributed by atoms with Crippen molar-refractivity contribution in [2.75, 3.05) is 18.0 Å². The fourth-order valence-corrected chi connectivity index (χ4v) is 4.25. The number of hydrogen-bond acceptors (Lipinski definition) is 5. The Bertz CT molecular complexity index is 1130. The molecule has 2 aromatic carbocycles. The summed E-state index contributed by atoms with van der Waals surface area (Å²) in [6.07, 6.45) is 2.04. The highest BCUT2D eigenvalue weighted by molar-refractivity contribution is 7.20. The molecule has 0 saturated heterocycles. The summed E-state index contributed by atoms with van der Waals surface area (Å²) in [5.41, 5.74) is 5.00. The minimum atomic E-state index is 0. The zero-order valence-electron chi connectivity index (χ0n) is 17.3. The third-order valence-electron chi connectivity index (χ3n) is 4.89. The third kappa shape index (κ3) is 4.84. The zero-order chi connectivity index (χ0) is 20.2. The summed E-state index contributed by atoms with van der Waals surface area (Å²) in [7, 11) is 2.04. The number of halogens is 1. The van der Waals surface area contributed by atoms with Gasteiger partial charge >= 0.3 is 0 Å². The Kier molecular flexibility index (Phi) is 7.49. The maximum absolute atomic E-state index is 4.74. The molecular formula is C23H24IN5S. The van der Waals surface area contributed by atoms with Crippen LogP contribution in [-0.2, 0) is 7.05 Å². The molecular weight excluding hydrogens is 505 g/mol. The van der Waals surface area contributed by atoms with Crippen LogP contribution in [0, 0.1) is 0 Å². The van der Waals surface area contributed by atoms with Crippen LogP contribution in [0.2, 0.25) is 0 Å². The third-order valence-corrected chi connectivity index (χ3v) is 6.10. The Labute approximate surface area is 198 Å². The van der Waals surface area contributed by atoms with Crippen LogP contribution >= 0.6 is 11.3 Å². The summed E-state index contributed by atoms with van der Waals surface area (Å²) in [5.74, 6) is 0. The monoisotopic (exact) mass is 529 g/mol. The van der Waals surface area contributed by atoms with Gasteiger partial charge in [-0.1, -0.05) is 0 Å². The van der Waals surface area contributed by atoms with Gasteiger partial charge in [-0.15, -0.1) is 0 Å². The average molecular weight is 529 g/mol. The molecule has 0 aliphatic heterocycles. The van der Waals surface area contributed by atoms with Crippen LogP contribution in [0.3, 0.4) is 0 Å². The minimum absolute atomic E-state index is 0. The van der Waals surface area contributed by atoms with E-state index in [0.717, 1.165) is 40.6 Å². The Balaban J connectivity index is 0.00000256. The summed E-state index contributed by atoms with van der Waals surface area (Å²) in [5, 5.41) is 9.75. The van der Waals surface area contributed by atoms with Gasteiger partial charge in [0.25, 0.3) is 4.83 Å². The molecule has 0 aliphatic carbocycles. The Morgan fingerprint density at radius 2 is 1.50 bits per heavy atom. The molecule has 7 heteroatoms. The molecule has 4 rings (SSSR count). The number of rotatable bonds is 6. The van der Waals surface area contributed by atoms with Gasteiger partial charge in [-0.05, 0) is 79.8 Å². The van der Waals surface area contributed by atoms with Crippen molar-refractivity contribution >= 4 is 38.7 Å². The Morgan fingerprint density at radius 3 is 2.07 bits per heavy atom. The number of nitrogens with zero attached hydrogens (tertiary/aromatic N) is 5. The average Bonchev–Trinajstić information content (AvgIpc) is 3.20. The first-order valence-electron chi connectivity index (χ1n) is 9.80. The number of aromatic nitrogens is 2. The minimum Gasteiger partial charge on any atom is -1.00 e. The molecule has 0 unspecified atom stereocenters. The highest BCUT2D eigenvalue weighted by Gasteiger charge is 2.12. The van der Waals surface area contributed by atoms with Gasteiger partial charge in [0, 0.05) is 30.4 Å². The zero-order valence-corrected chi connectivity index (χ0v) is 20.3. The maximum Gasteiger partial charge on any atom is 0.289 e. The molecule has 0 saturated carbocycles. The first kappa shape index (κ1) is 22.3. The van der Waals surface area contributed by atoms with Crippen molar-refractivity contribution in [1.82, 2.24) is 4.98 Å². The lowest BCUT2D eigenvalue weighted by Gasteiger charge is -2.20. The number of anilines is 1. The molecule has 30 heavy (non-hydrogen) atoms. The van der Waals surface area contributed by atoms with Gasteiger partial charge in [0.05, 0.1) is 11.4 Å². The largest absolute Gasteiger partial charge is 1.00 e. The van der Waals surface area contributed by atoms with E-state index in [1.54, 1.807) is 11.3 Å². The SMILES string of the molecule is CCN(CC)c1ccc(N=Nc2ccc(-c3nc4ccc[n+](C)c4s3)cc2)cc1.[I-]. The predicted molar refractivity (Wildman–Crippen MR) is 120 cm³/mol. The second kappa shape index (κ2) is 10.1. The van der Waals surface area contributed by atoms with Crippen molar-refractivity contribution in [2.45, 2.75) is 13.8 Å². The molecule has 0 aliphatic rings.